The van der Waals surface area contributed by atoms with Gasteiger partial charge in [0, 0.05) is 5.56 Å². The SMILES string of the molecule is COc1ccccc1C1OC(=O)CC1C(=O)O. The quantitative estimate of drug-likeness (QED) is 0.803. The lowest BCUT2D eigenvalue weighted by Crippen LogP contribution is -2.18. The molecule has 5 nitrogen and oxygen atoms in total. The Morgan fingerprint density at radius 2 is 2.18 bits per heavy atom. The van der Waals surface area contributed by atoms with Gasteiger partial charge < -0.3 is 14.6 Å². The van der Waals surface area contributed by atoms with Crippen LogP contribution in [-0.2, 0) is 14.3 Å². The van der Waals surface area contributed by atoms with E-state index in [0.717, 1.165) is 0 Å². The predicted molar refractivity (Wildman–Crippen MR) is 57.6 cm³/mol. The molecule has 1 fully saturated rings. The number of carbonyl (C=O) groups is 2. The van der Waals surface area contributed by atoms with Crippen molar-refractivity contribution in [3.63, 3.8) is 0 Å². The second kappa shape index (κ2) is 4.45. The van der Waals surface area contributed by atoms with E-state index < -0.39 is 24.0 Å². The minimum Gasteiger partial charge on any atom is -0.496 e. The summed E-state index contributed by atoms with van der Waals surface area (Å²) in [5.74, 6) is -1.85. The molecule has 5 heteroatoms. The van der Waals surface area contributed by atoms with Crippen molar-refractivity contribution in [2.45, 2.75) is 12.5 Å². The number of para-hydroxylation sites is 1. The molecule has 1 heterocycles. The zero-order valence-electron chi connectivity index (χ0n) is 9.25. The Balaban J connectivity index is 2.38. The maximum atomic E-state index is 11.2. The van der Waals surface area contributed by atoms with E-state index in [1.807, 2.05) is 0 Å². The first-order chi connectivity index (χ1) is 8.13. The van der Waals surface area contributed by atoms with Crippen LogP contribution in [0.15, 0.2) is 24.3 Å². The van der Waals surface area contributed by atoms with E-state index in [4.69, 9.17) is 14.6 Å². The molecule has 2 rings (SSSR count). The van der Waals surface area contributed by atoms with Crippen LogP contribution in [-0.4, -0.2) is 24.2 Å². The number of ether oxygens (including phenoxy) is 2. The molecule has 2 unspecified atom stereocenters. The molecule has 0 saturated carbocycles. The van der Waals surface area contributed by atoms with Crippen LogP contribution in [0.3, 0.4) is 0 Å². The molecular formula is C12H12O5. The van der Waals surface area contributed by atoms with Crippen molar-refractivity contribution in [2.24, 2.45) is 5.92 Å². The van der Waals surface area contributed by atoms with Crippen LogP contribution in [0.2, 0.25) is 0 Å². The monoisotopic (exact) mass is 236 g/mol. The third kappa shape index (κ3) is 2.08. The van der Waals surface area contributed by atoms with Crippen molar-refractivity contribution in [2.75, 3.05) is 7.11 Å². The minimum absolute atomic E-state index is 0.0992. The van der Waals surface area contributed by atoms with Crippen molar-refractivity contribution in [1.82, 2.24) is 0 Å². The van der Waals surface area contributed by atoms with E-state index in [1.54, 1.807) is 24.3 Å². The predicted octanol–water partition coefficient (Wildman–Crippen LogP) is 1.38. The molecule has 0 aromatic heterocycles. The molecule has 0 amide bonds. The van der Waals surface area contributed by atoms with Gasteiger partial charge in [-0.25, -0.2) is 0 Å². The van der Waals surface area contributed by atoms with Gasteiger partial charge in [0.2, 0.25) is 0 Å². The first kappa shape index (κ1) is 11.4. The van der Waals surface area contributed by atoms with Gasteiger partial charge >= 0.3 is 11.9 Å². The summed E-state index contributed by atoms with van der Waals surface area (Å²) in [6, 6.07) is 6.94. The number of benzene rings is 1. The van der Waals surface area contributed by atoms with Gasteiger partial charge in [-0.1, -0.05) is 18.2 Å². The molecule has 0 radical (unpaired) electrons. The van der Waals surface area contributed by atoms with Crippen LogP contribution in [0.4, 0.5) is 0 Å². The zero-order valence-corrected chi connectivity index (χ0v) is 9.25. The van der Waals surface area contributed by atoms with Crippen LogP contribution in [0.5, 0.6) is 5.75 Å². The van der Waals surface area contributed by atoms with Crippen LogP contribution in [0, 0.1) is 5.92 Å². The Kier molecular flexibility index (Phi) is 2.99. The first-order valence-electron chi connectivity index (χ1n) is 5.18. The average molecular weight is 236 g/mol. The normalized spacial score (nSPS) is 23.2. The van der Waals surface area contributed by atoms with Crippen molar-refractivity contribution < 1.29 is 24.2 Å². The standard InChI is InChI=1S/C12H12O5/c1-16-9-5-3-2-4-7(9)11-8(12(14)15)6-10(13)17-11/h2-5,8,11H,6H2,1H3,(H,14,15). The molecule has 1 aliphatic rings. The molecular weight excluding hydrogens is 224 g/mol. The molecule has 0 spiro atoms. The third-order valence-corrected chi connectivity index (χ3v) is 2.77. The summed E-state index contributed by atoms with van der Waals surface area (Å²) in [5, 5.41) is 9.05. The van der Waals surface area contributed by atoms with E-state index >= 15 is 0 Å². The summed E-state index contributed by atoms with van der Waals surface area (Å²) >= 11 is 0. The van der Waals surface area contributed by atoms with Crippen molar-refractivity contribution >= 4 is 11.9 Å². The summed E-state index contributed by atoms with van der Waals surface area (Å²) < 4.78 is 10.2. The summed E-state index contributed by atoms with van der Waals surface area (Å²) in [7, 11) is 1.49. The molecule has 0 aliphatic carbocycles. The summed E-state index contributed by atoms with van der Waals surface area (Å²) in [6.45, 7) is 0. The second-order valence-electron chi connectivity index (χ2n) is 3.80. The number of rotatable bonds is 3. The third-order valence-electron chi connectivity index (χ3n) is 2.77. The summed E-state index contributed by atoms with van der Waals surface area (Å²) in [4.78, 5) is 22.3. The van der Waals surface area contributed by atoms with Crippen molar-refractivity contribution in [3.05, 3.63) is 29.8 Å². The fourth-order valence-electron chi connectivity index (χ4n) is 1.96. The number of hydrogen-bond acceptors (Lipinski definition) is 4. The highest BCUT2D eigenvalue weighted by atomic mass is 16.6. The van der Waals surface area contributed by atoms with Gasteiger partial charge in [0.25, 0.3) is 0 Å². The Morgan fingerprint density at radius 3 is 2.82 bits per heavy atom. The van der Waals surface area contributed by atoms with Gasteiger partial charge in [-0.3, -0.25) is 9.59 Å². The average Bonchev–Trinajstić information content (AvgIpc) is 2.71. The molecule has 1 aromatic rings. The molecule has 2 atom stereocenters. The molecule has 0 bridgehead atoms. The van der Waals surface area contributed by atoms with E-state index in [0.29, 0.717) is 11.3 Å². The van der Waals surface area contributed by atoms with Gasteiger partial charge in [-0.2, -0.15) is 0 Å². The number of carbonyl (C=O) groups excluding carboxylic acids is 1. The summed E-state index contributed by atoms with van der Waals surface area (Å²) in [5.41, 5.74) is 0.591. The van der Waals surface area contributed by atoms with Crippen molar-refractivity contribution in [3.8, 4) is 5.75 Å². The number of carboxylic acid groups (broad SMARTS) is 1. The van der Waals surface area contributed by atoms with Gasteiger partial charge in [0.1, 0.15) is 17.8 Å². The number of esters is 1. The number of cyclic esters (lactones) is 1. The van der Waals surface area contributed by atoms with Gasteiger partial charge in [0.15, 0.2) is 0 Å². The Labute approximate surface area is 98.0 Å². The fourth-order valence-corrected chi connectivity index (χ4v) is 1.96. The topological polar surface area (TPSA) is 72.8 Å². The van der Waals surface area contributed by atoms with E-state index in [9.17, 15) is 9.59 Å². The number of methoxy groups -OCH3 is 1. The van der Waals surface area contributed by atoms with E-state index in [-0.39, 0.29) is 6.42 Å². The Bertz CT molecular complexity index is 454. The number of aliphatic carboxylic acids is 1. The van der Waals surface area contributed by atoms with Crippen LogP contribution in [0.25, 0.3) is 0 Å². The lowest BCUT2D eigenvalue weighted by atomic mass is 9.95. The molecule has 17 heavy (non-hydrogen) atoms. The highest BCUT2D eigenvalue weighted by Gasteiger charge is 2.42. The molecule has 90 valence electrons. The Morgan fingerprint density at radius 1 is 1.47 bits per heavy atom. The van der Waals surface area contributed by atoms with Crippen LogP contribution in [0.1, 0.15) is 18.1 Å². The molecule has 1 saturated heterocycles. The second-order valence-corrected chi connectivity index (χ2v) is 3.80. The largest absolute Gasteiger partial charge is 0.496 e. The molecule has 1 N–H and O–H groups in total. The molecule has 1 aliphatic heterocycles. The number of hydrogen-bond donors (Lipinski definition) is 1. The summed E-state index contributed by atoms with van der Waals surface area (Å²) in [6.07, 6.45) is -0.867. The van der Waals surface area contributed by atoms with E-state index in [2.05, 4.69) is 0 Å². The van der Waals surface area contributed by atoms with Crippen LogP contribution < -0.4 is 4.74 Å². The first-order valence-corrected chi connectivity index (χ1v) is 5.18. The van der Waals surface area contributed by atoms with E-state index in [1.165, 1.54) is 7.11 Å². The Hall–Kier alpha value is -2.04. The van der Waals surface area contributed by atoms with Gasteiger partial charge in [-0.05, 0) is 6.07 Å². The maximum Gasteiger partial charge on any atom is 0.311 e. The van der Waals surface area contributed by atoms with Gasteiger partial charge in [0.05, 0.1) is 13.5 Å². The lowest BCUT2D eigenvalue weighted by molar-refractivity contribution is -0.144. The highest BCUT2D eigenvalue weighted by Crippen LogP contribution is 2.39. The molecule has 1 aromatic carbocycles. The minimum atomic E-state index is -1.04. The van der Waals surface area contributed by atoms with Gasteiger partial charge in [-0.15, -0.1) is 0 Å². The van der Waals surface area contributed by atoms with Crippen LogP contribution >= 0.6 is 0 Å². The zero-order chi connectivity index (χ0) is 12.4. The highest BCUT2D eigenvalue weighted by molar-refractivity contribution is 5.83. The van der Waals surface area contributed by atoms with Crippen molar-refractivity contribution in [1.29, 1.82) is 0 Å². The number of carboxylic acids is 1. The lowest BCUT2D eigenvalue weighted by Gasteiger charge is -2.17. The maximum absolute atomic E-state index is 11.2. The fraction of sp³-hybridized carbons (Fsp3) is 0.333. The smallest absolute Gasteiger partial charge is 0.311 e.